The second kappa shape index (κ2) is 6.91. The zero-order valence-electron chi connectivity index (χ0n) is 12.3. The number of carbonyl (C=O) groups excluding carboxylic acids is 2. The molecule has 0 unspecified atom stereocenters. The van der Waals surface area contributed by atoms with Gasteiger partial charge in [0.15, 0.2) is 5.82 Å². The van der Waals surface area contributed by atoms with Gasteiger partial charge in [-0.05, 0) is 37.1 Å². The van der Waals surface area contributed by atoms with Crippen molar-refractivity contribution in [2.24, 2.45) is 5.92 Å². The molecule has 2 amide bonds. The third-order valence-corrected chi connectivity index (χ3v) is 4.23. The van der Waals surface area contributed by atoms with Crippen LogP contribution in [0, 0.1) is 5.92 Å². The van der Waals surface area contributed by atoms with E-state index in [2.05, 4.69) is 36.9 Å². The van der Waals surface area contributed by atoms with Crippen molar-refractivity contribution in [2.45, 2.75) is 25.8 Å². The van der Waals surface area contributed by atoms with Crippen LogP contribution < -0.4 is 10.6 Å². The Morgan fingerprint density at radius 1 is 1.22 bits per heavy atom. The maximum atomic E-state index is 12.0. The van der Waals surface area contributed by atoms with E-state index in [0.717, 1.165) is 23.7 Å². The second-order valence-electron chi connectivity index (χ2n) is 5.47. The molecule has 0 saturated heterocycles. The maximum absolute atomic E-state index is 12.0. The van der Waals surface area contributed by atoms with Crippen molar-refractivity contribution >= 4 is 39.2 Å². The molecule has 2 N–H and O–H groups in total. The summed E-state index contributed by atoms with van der Waals surface area (Å²) in [5.74, 6) is 0.218. The molecule has 3 rings (SSSR count). The second-order valence-corrected chi connectivity index (χ2v) is 6.39. The molecule has 1 fully saturated rings. The van der Waals surface area contributed by atoms with Crippen LogP contribution in [0.1, 0.15) is 19.3 Å². The summed E-state index contributed by atoms with van der Waals surface area (Å²) in [4.78, 5) is 23.8. The van der Waals surface area contributed by atoms with E-state index < -0.39 is 0 Å². The molecule has 0 radical (unpaired) electrons. The minimum Gasteiger partial charge on any atom is -0.324 e. The van der Waals surface area contributed by atoms with Crippen molar-refractivity contribution in [1.29, 1.82) is 0 Å². The van der Waals surface area contributed by atoms with Crippen LogP contribution in [-0.4, -0.2) is 26.8 Å². The van der Waals surface area contributed by atoms with E-state index in [1.165, 1.54) is 4.68 Å². The van der Waals surface area contributed by atoms with Crippen LogP contribution in [0.5, 0.6) is 0 Å². The fraction of sp³-hybridized carbons (Fsp3) is 0.333. The lowest BCUT2D eigenvalue weighted by molar-refractivity contribution is -0.122. The number of halogens is 1. The minimum atomic E-state index is -0.214. The topological polar surface area (TPSA) is 88.9 Å². The van der Waals surface area contributed by atoms with Gasteiger partial charge in [-0.3, -0.25) is 9.59 Å². The van der Waals surface area contributed by atoms with Gasteiger partial charge >= 0.3 is 0 Å². The van der Waals surface area contributed by atoms with Gasteiger partial charge in [-0.25, -0.2) is 4.68 Å². The first-order valence-corrected chi connectivity index (χ1v) is 8.16. The normalized spacial score (nSPS) is 14.1. The number of hydrogen-bond acceptors (Lipinski definition) is 4. The molecule has 0 spiro atoms. The Labute approximate surface area is 141 Å². The molecule has 0 bridgehead atoms. The Morgan fingerprint density at radius 2 is 1.96 bits per heavy atom. The zero-order valence-corrected chi connectivity index (χ0v) is 13.9. The van der Waals surface area contributed by atoms with Crippen molar-refractivity contribution in [3.05, 3.63) is 34.9 Å². The van der Waals surface area contributed by atoms with Gasteiger partial charge in [0.1, 0.15) is 6.54 Å². The molecule has 1 heterocycles. The first kappa shape index (κ1) is 15.7. The van der Waals surface area contributed by atoms with Gasteiger partial charge in [0.2, 0.25) is 11.8 Å². The molecule has 1 aromatic carbocycles. The summed E-state index contributed by atoms with van der Waals surface area (Å²) in [6.07, 6.45) is 4.50. The fourth-order valence-electron chi connectivity index (χ4n) is 2.21. The molecule has 7 nitrogen and oxygen atoms in total. The highest BCUT2D eigenvalue weighted by atomic mass is 79.9. The summed E-state index contributed by atoms with van der Waals surface area (Å²) in [7, 11) is 0. The Hall–Kier alpha value is -2.22. The van der Waals surface area contributed by atoms with E-state index in [-0.39, 0.29) is 24.3 Å². The molecule has 0 atom stereocenters. The lowest BCUT2D eigenvalue weighted by Gasteiger charge is -2.23. The molecule has 0 aliphatic heterocycles. The zero-order chi connectivity index (χ0) is 16.2. The van der Waals surface area contributed by atoms with Crippen LogP contribution in [0.15, 0.2) is 34.9 Å². The van der Waals surface area contributed by atoms with Crippen molar-refractivity contribution in [3.8, 4) is 0 Å². The number of carbonyl (C=O) groups is 2. The minimum absolute atomic E-state index is 0.0254. The van der Waals surface area contributed by atoms with E-state index in [9.17, 15) is 9.59 Å². The highest BCUT2D eigenvalue weighted by Crippen LogP contribution is 2.27. The van der Waals surface area contributed by atoms with Crippen LogP contribution in [0.4, 0.5) is 11.5 Å². The van der Waals surface area contributed by atoms with Crippen molar-refractivity contribution in [3.63, 3.8) is 0 Å². The highest BCUT2D eigenvalue weighted by molar-refractivity contribution is 9.10. The Bertz CT molecular complexity index is 709. The standard InChI is InChI=1S/C15H16BrN5O2/c16-11-4-6-12(7-5-11)17-14(22)9-21-8-13(19-20-21)18-15(23)10-2-1-3-10/h4-8,10H,1-3,9H2,(H,17,22)(H,18,23). The Morgan fingerprint density at radius 3 is 2.61 bits per heavy atom. The summed E-state index contributed by atoms with van der Waals surface area (Å²) in [6.45, 7) is 0.0301. The van der Waals surface area contributed by atoms with E-state index >= 15 is 0 Å². The highest BCUT2D eigenvalue weighted by Gasteiger charge is 2.25. The van der Waals surface area contributed by atoms with E-state index in [1.807, 2.05) is 12.1 Å². The average Bonchev–Trinajstić information content (AvgIpc) is 2.86. The van der Waals surface area contributed by atoms with Gasteiger partial charge in [0.05, 0.1) is 6.20 Å². The molecule has 1 aromatic heterocycles. The molecule has 1 saturated carbocycles. The smallest absolute Gasteiger partial charge is 0.246 e. The summed E-state index contributed by atoms with van der Waals surface area (Å²) in [5.41, 5.74) is 0.705. The summed E-state index contributed by atoms with van der Waals surface area (Å²) in [6, 6.07) is 7.29. The molecular formula is C15H16BrN5O2. The van der Waals surface area contributed by atoms with Crippen LogP contribution in [0.25, 0.3) is 0 Å². The first-order chi connectivity index (χ1) is 11.1. The summed E-state index contributed by atoms with van der Waals surface area (Å²) < 4.78 is 2.34. The third kappa shape index (κ3) is 4.16. The largest absolute Gasteiger partial charge is 0.324 e. The molecule has 1 aliphatic carbocycles. The van der Waals surface area contributed by atoms with Gasteiger partial charge in [-0.15, -0.1) is 5.10 Å². The van der Waals surface area contributed by atoms with Gasteiger partial charge in [-0.1, -0.05) is 27.6 Å². The maximum Gasteiger partial charge on any atom is 0.246 e. The quantitative estimate of drug-likeness (QED) is 0.837. The third-order valence-electron chi connectivity index (χ3n) is 3.70. The van der Waals surface area contributed by atoms with Gasteiger partial charge in [0, 0.05) is 16.1 Å². The molecule has 120 valence electrons. The van der Waals surface area contributed by atoms with Crippen molar-refractivity contribution in [1.82, 2.24) is 15.0 Å². The number of benzene rings is 1. The first-order valence-electron chi connectivity index (χ1n) is 7.36. The lowest BCUT2D eigenvalue weighted by atomic mass is 9.85. The molecule has 23 heavy (non-hydrogen) atoms. The molecule has 2 aromatic rings. The van der Waals surface area contributed by atoms with Crippen LogP contribution in [-0.2, 0) is 16.1 Å². The fourth-order valence-corrected chi connectivity index (χ4v) is 2.48. The van der Waals surface area contributed by atoms with E-state index in [4.69, 9.17) is 0 Å². The van der Waals surface area contributed by atoms with Crippen LogP contribution >= 0.6 is 15.9 Å². The molecule has 8 heteroatoms. The SMILES string of the molecule is O=C(Cn1cc(NC(=O)C2CCC2)nn1)Nc1ccc(Br)cc1. The van der Waals surface area contributed by atoms with Gasteiger partial charge in [0.25, 0.3) is 0 Å². The Kier molecular flexibility index (Phi) is 4.71. The number of nitrogens with one attached hydrogen (secondary N) is 2. The number of anilines is 2. The van der Waals surface area contributed by atoms with E-state index in [0.29, 0.717) is 11.5 Å². The Balaban J connectivity index is 1.52. The predicted molar refractivity (Wildman–Crippen MR) is 88.8 cm³/mol. The average molecular weight is 378 g/mol. The van der Waals surface area contributed by atoms with Gasteiger partial charge in [-0.2, -0.15) is 0 Å². The number of rotatable bonds is 5. The predicted octanol–water partition coefficient (Wildman–Crippen LogP) is 2.42. The number of hydrogen-bond donors (Lipinski definition) is 2. The monoisotopic (exact) mass is 377 g/mol. The number of aromatic nitrogens is 3. The van der Waals surface area contributed by atoms with Crippen molar-refractivity contribution in [2.75, 3.05) is 10.6 Å². The van der Waals surface area contributed by atoms with Crippen molar-refractivity contribution < 1.29 is 9.59 Å². The summed E-state index contributed by atoms with van der Waals surface area (Å²) in [5, 5.41) is 13.2. The van der Waals surface area contributed by atoms with Gasteiger partial charge < -0.3 is 10.6 Å². The van der Waals surface area contributed by atoms with Crippen LogP contribution in [0.2, 0.25) is 0 Å². The van der Waals surface area contributed by atoms with E-state index in [1.54, 1.807) is 18.3 Å². The number of amides is 2. The number of nitrogens with zero attached hydrogens (tertiary/aromatic N) is 3. The summed E-state index contributed by atoms with van der Waals surface area (Å²) >= 11 is 3.34. The molecular weight excluding hydrogens is 362 g/mol. The molecule has 1 aliphatic rings. The van der Waals surface area contributed by atoms with Crippen LogP contribution in [0.3, 0.4) is 0 Å². The lowest BCUT2D eigenvalue weighted by Crippen LogP contribution is -2.28.